The highest BCUT2D eigenvalue weighted by Gasteiger charge is 2.43. The number of aromatic nitrogens is 5. The molecule has 0 aliphatic carbocycles. The Morgan fingerprint density at radius 1 is 1.10 bits per heavy atom. The topological polar surface area (TPSA) is 119 Å². The van der Waals surface area contributed by atoms with E-state index in [1.54, 1.807) is 21.4 Å². The summed E-state index contributed by atoms with van der Waals surface area (Å²) >= 11 is 0. The second-order valence-electron chi connectivity index (χ2n) is 11.3. The van der Waals surface area contributed by atoms with E-state index in [0.717, 1.165) is 39.9 Å². The minimum Gasteiger partial charge on any atom is -0.497 e. The van der Waals surface area contributed by atoms with E-state index in [0.29, 0.717) is 32.5 Å². The highest BCUT2D eigenvalue weighted by Crippen LogP contribution is 2.31. The Morgan fingerprint density at radius 2 is 1.90 bits per heavy atom. The Balaban J connectivity index is 1.16. The lowest BCUT2D eigenvalue weighted by Crippen LogP contribution is -2.51. The average Bonchev–Trinajstić information content (AvgIpc) is 3.79. The number of hydrogen-bond donors (Lipinski definition) is 2. The molecule has 11 heteroatoms. The van der Waals surface area contributed by atoms with E-state index in [1.807, 2.05) is 56.8 Å². The standard InChI is InChI=1S/C30H36N8O3/c1-36-18-23(16-33-36)22-13-26(31-15-22)30(40)38-17-21(10-19-4-7-24(41-3)8-5-19)12-28(38)29(39)32-14-20-6-9-27-25(11-20)34-35-37(27)2/h4-9,11,16,18,21-22,26,28,31H,10,12-15,17H2,1-3H3,(H,32,39). The zero-order chi connectivity index (χ0) is 28.5. The van der Waals surface area contributed by atoms with Gasteiger partial charge in [0.2, 0.25) is 11.8 Å². The fraction of sp³-hybridized carbons (Fsp3) is 0.433. The van der Waals surface area contributed by atoms with Gasteiger partial charge in [0.05, 0.1) is 24.9 Å². The number of benzene rings is 2. The number of likely N-dealkylation sites (tertiary alicyclic amines) is 1. The van der Waals surface area contributed by atoms with Crippen molar-refractivity contribution in [2.75, 3.05) is 20.2 Å². The summed E-state index contributed by atoms with van der Waals surface area (Å²) in [6.07, 6.45) is 5.97. The van der Waals surface area contributed by atoms with Crippen molar-refractivity contribution in [2.45, 2.75) is 43.8 Å². The van der Waals surface area contributed by atoms with Crippen LogP contribution in [0.4, 0.5) is 0 Å². The third kappa shape index (κ3) is 5.67. The van der Waals surface area contributed by atoms with Crippen LogP contribution in [0, 0.1) is 5.92 Å². The minimum atomic E-state index is -0.523. The van der Waals surface area contributed by atoms with E-state index in [2.05, 4.69) is 38.2 Å². The third-order valence-electron chi connectivity index (χ3n) is 8.42. The molecular formula is C30H36N8O3. The molecule has 0 saturated carbocycles. The monoisotopic (exact) mass is 556 g/mol. The summed E-state index contributed by atoms with van der Waals surface area (Å²) in [4.78, 5) is 29.3. The maximum atomic E-state index is 13.9. The summed E-state index contributed by atoms with van der Waals surface area (Å²) in [6, 6.07) is 13.0. The van der Waals surface area contributed by atoms with E-state index < -0.39 is 6.04 Å². The molecule has 2 aliphatic rings. The van der Waals surface area contributed by atoms with Gasteiger partial charge < -0.3 is 20.3 Å². The van der Waals surface area contributed by atoms with Gasteiger partial charge in [-0.1, -0.05) is 23.4 Å². The number of nitrogens with one attached hydrogen (secondary N) is 2. The maximum Gasteiger partial charge on any atom is 0.243 e. The van der Waals surface area contributed by atoms with Crippen molar-refractivity contribution in [1.82, 2.24) is 40.3 Å². The maximum absolute atomic E-state index is 13.9. The summed E-state index contributed by atoms with van der Waals surface area (Å²) in [7, 11) is 5.40. The second kappa shape index (κ2) is 11.3. The first-order chi connectivity index (χ1) is 19.9. The van der Waals surface area contributed by atoms with Crippen molar-refractivity contribution < 1.29 is 14.3 Å². The molecule has 2 aliphatic heterocycles. The number of rotatable bonds is 8. The summed E-state index contributed by atoms with van der Waals surface area (Å²) in [6.45, 7) is 1.62. The van der Waals surface area contributed by atoms with Crippen LogP contribution in [-0.2, 0) is 36.6 Å². The van der Waals surface area contributed by atoms with E-state index in [1.165, 1.54) is 0 Å². The van der Waals surface area contributed by atoms with Crippen molar-refractivity contribution in [3.05, 3.63) is 71.5 Å². The van der Waals surface area contributed by atoms with Crippen LogP contribution in [0.3, 0.4) is 0 Å². The Morgan fingerprint density at radius 3 is 2.66 bits per heavy atom. The second-order valence-corrected chi connectivity index (χ2v) is 11.3. The van der Waals surface area contributed by atoms with Gasteiger partial charge in [-0.25, -0.2) is 4.68 Å². The molecule has 2 amide bonds. The Labute approximate surface area is 238 Å². The van der Waals surface area contributed by atoms with E-state index in [-0.39, 0.29) is 29.7 Å². The first kappa shape index (κ1) is 26.9. The molecule has 11 nitrogen and oxygen atoms in total. The van der Waals surface area contributed by atoms with Crippen LogP contribution in [0.1, 0.15) is 35.4 Å². The van der Waals surface area contributed by atoms with Gasteiger partial charge in [0, 0.05) is 45.8 Å². The number of nitrogens with zero attached hydrogens (tertiary/aromatic N) is 6. The average molecular weight is 557 g/mol. The van der Waals surface area contributed by atoms with E-state index in [9.17, 15) is 9.59 Å². The van der Waals surface area contributed by atoms with Crippen LogP contribution in [0.5, 0.6) is 5.75 Å². The van der Waals surface area contributed by atoms with Gasteiger partial charge in [-0.3, -0.25) is 14.3 Å². The summed E-state index contributed by atoms with van der Waals surface area (Å²) < 4.78 is 8.81. The minimum absolute atomic E-state index is 0.00486. The zero-order valence-electron chi connectivity index (χ0n) is 23.7. The number of amides is 2. The number of ether oxygens (including phenoxy) is 1. The Kier molecular flexibility index (Phi) is 7.44. The number of hydrogen-bond acceptors (Lipinski definition) is 7. The van der Waals surface area contributed by atoms with Crippen molar-refractivity contribution in [3.63, 3.8) is 0 Å². The number of aryl methyl sites for hydroxylation is 2. The summed E-state index contributed by atoms with van der Waals surface area (Å²) in [5.41, 5.74) is 4.95. The third-order valence-corrected chi connectivity index (χ3v) is 8.42. The highest BCUT2D eigenvalue weighted by atomic mass is 16.5. The lowest BCUT2D eigenvalue weighted by atomic mass is 9.96. The number of carbonyl (C=O) groups is 2. The smallest absolute Gasteiger partial charge is 0.243 e. The largest absolute Gasteiger partial charge is 0.497 e. The molecule has 214 valence electrons. The molecule has 4 unspecified atom stereocenters. The SMILES string of the molecule is COc1ccc(CC2CC(C(=O)NCc3ccc4c(c3)nnn4C)N(C(=O)C3CC(c4cnn(C)c4)CN3)C2)cc1. The molecule has 2 aromatic carbocycles. The molecule has 2 aromatic heterocycles. The molecule has 0 spiro atoms. The van der Waals surface area contributed by atoms with Crippen molar-refractivity contribution >= 4 is 22.8 Å². The van der Waals surface area contributed by atoms with Crippen LogP contribution in [0.25, 0.3) is 11.0 Å². The molecule has 2 saturated heterocycles. The molecule has 2 fully saturated rings. The van der Waals surface area contributed by atoms with Crippen LogP contribution in [-0.4, -0.2) is 73.8 Å². The fourth-order valence-electron chi connectivity index (χ4n) is 6.19. The quantitative estimate of drug-likeness (QED) is 0.340. The van der Waals surface area contributed by atoms with Gasteiger partial charge in [0.1, 0.15) is 17.3 Å². The van der Waals surface area contributed by atoms with E-state index in [4.69, 9.17) is 4.74 Å². The highest BCUT2D eigenvalue weighted by molar-refractivity contribution is 5.90. The number of fused-ring (bicyclic) bond motifs is 1. The van der Waals surface area contributed by atoms with Crippen molar-refractivity contribution in [2.24, 2.45) is 20.0 Å². The van der Waals surface area contributed by atoms with E-state index >= 15 is 0 Å². The first-order valence-corrected chi connectivity index (χ1v) is 14.1. The Hall–Kier alpha value is -4.25. The van der Waals surface area contributed by atoms with Crippen LogP contribution >= 0.6 is 0 Å². The molecule has 6 rings (SSSR count). The zero-order valence-corrected chi connectivity index (χ0v) is 23.7. The van der Waals surface area contributed by atoms with Gasteiger partial charge in [-0.15, -0.1) is 5.10 Å². The predicted molar refractivity (Wildman–Crippen MR) is 153 cm³/mol. The Bertz CT molecular complexity index is 1540. The normalized spacial score (nSPS) is 22.4. The van der Waals surface area contributed by atoms with Gasteiger partial charge in [-0.2, -0.15) is 5.10 Å². The molecular weight excluding hydrogens is 520 g/mol. The molecule has 2 N–H and O–H groups in total. The predicted octanol–water partition coefficient (Wildman–Crippen LogP) is 1.93. The number of methoxy groups -OCH3 is 1. The number of carbonyl (C=O) groups excluding carboxylic acids is 2. The molecule has 0 bridgehead atoms. The van der Waals surface area contributed by atoms with Crippen LogP contribution in [0.2, 0.25) is 0 Å². The van der Waals surface area contributed by atoms with Gasteiger partial charge in [0.15, 0.2) is 0 Å². The summed E-state index contributed by atoms with van der Waals surface area (Å²) in [5, 5.41) is 19.0. The van der Waals surface area contributed by atoms with Crippen molar-refractivity contribution in [1.29, 1.82) is 0 Å². The van der Waals surface area contributed by atoms with Gasteiger partial charge in [0.25, 0.3) is 0 Å². The molecule has 4 aromatic rings. The van der Waals surface area contributed by atoms with Crippen LogP contribution in [0.15, 0.2) is 54.9 Å². The summed E-state index contributed by atoms with van der Waals surface area (Å²) in [5.74, 6) is 1.07. The lowest BCUT2D eigenvalue weighted by Gasteiger charge is -2.27. The lowest BCUT2D eigenvalue weighted by molar-refractivity contribution is -0.139. The van der Waals surface area contributed by atoms with Crippen LogP contribution < -0.4 is 15.4 Å². The van der Waals surface area contributed by atoms with Gasteiger partial charge in [-0.05, 0) is 66.1 Å². The first-order valence-electron chi connectivity index (χ1n) is 14.1. The molecule has 4 atom stereocenters. The molecule has 41 heavy (non-hydrogen) atoms. The van der Waals surface area contributed by atoms with Gasteiger partial charge >= 0.3 is 0 Å². The molecule has 0 radical (unpaired) electrons. The molecule has 4 heterocycles. The van der Waals surface area contributed by atoms with Crippen molar-refractivity contribution in [3.8, 4) is 5.75 Å². The fourth-order valence-corrected chi connectivity index (χ4v) is 6.19.